The average Bonchev–Trinajstić information content (AvgIpc) is 2.64. The van der Waals surface area contributed by atoms with Crippen LogP contribution in [0.2, 0.25) is 0 Å². The number of rotatable bonds is 6. The molecule has 0 fully saturated rings. The van der Waals surface area contributed by atoms with Crippen LogP contribution in [0.5, 0.6) is 11.6 Å². The molecule has 0 atom stereocenters. The van der Waals surface area contributed by atoms with Crippen LogP contribution in [-0.4, -0.2) is 4.98 Å². The van der Waals surface area contributed by atoms with Gasteiger partial charge >= 0.3 is 6.18 Å². The van der Waals surface area contributed by atoms with Crippen LogP contribution in [0.1, 0.15) is 11.3 Å². The molecule has 0 saturated heterocycles. The Kier molecular flexibility index (Phi) is 5.38. The van der Waals surface area contributed by atoms with Gasteiger partial charge in [-0.3, -0.25) is 0 Å². The highest BCUT2D eigenvalue weighted by Gasteiger charge is 2.32. The molecule has 0 aliphatic heterocycles. The Labute approximate surface area is 148 Å². The first-order valence-electron chi connectivity index (χ1n) is 7.86. The second kappa shape index (κ2) is 7.88. The molecule has 0 bridgehead atoms. The number of ether oxygens (including phenoxy) is 1. The van der Waals surface area contributed by atoms with Crippen LogP contribution in [0, 0.1) is 0 Å². The van der Waals surface area contributed by atoms with E-state index in [9.17, 15) is 13.2 Å². The zero-order chi connectivity index (χ0) is 18.4. The predicted molar refractivity (Wildman–Crippen MR) is 92.7 cm³/mol. The topological polar surface area (TPSA) is 46.2 Å². The molecule has 4 nitrogen and oxygen atoms in total. The predicted octanol–water partition coefficient (Wildman–Crippen LogP) is 5.01. The van der Waals surface area contributed by atoms with Crippen LogP contribution in [0.3, 0.4) is 0 Å². The Morgan fingerprint density at radius 1 is 0.846 bits per heavy atom. The van der Waals surface area contributed by atoms with Crippen LogP contribution >= 0.6 is 0 Å². The number of alkyl halides is 3. The van der Waals surface area contributed by atoms with E-state index in [0.717, 1.165) is 17.3 Å². The minimum Gasteiger partial charge on any atom is -0.439 e. The third kappa shape index (κ3) is 4.97. The molecule has 1 heterocycles. The van der Waals surface area contributed by atoms with Crippen molar-refractivity contribution in [1.29, 1.82) is 0 Å². The Balaban J connectivity index is 1.56. The van der Waals surface area contributed by atoms with Gasteiger partial charge in [0.1, 0.15) is 11.4 Å². The van der Waals surface area contributed by atoms with E-state index in [-0.39, 0.29) is 5.88 Å². The quantitative estimate of drug-likeness (QED) is 0.608. The molecule has 2 aromatic carbocycles. The first-order chi connectivity index (χ1) is 12.5. The third-order valence-electron chi connectivity index (χ3n) is 3.46. The summed E-state index contributed by atoms with van der Waals surface area (Å²) < 4.78 is 43.4. The summed E-state index contributed by atoms with van der Waals surface area (Å²) in [6, 6.07) is 20.2. The van der Waals surface area contributed by atoms with E-state index in [2.05, 4.69) is 15.8 Å². The number of para-hydroxylation sites is 1. The second-order valence-corrected chi connectivity index (χ2v) is 5.45. The van der Waals surface area contributed by atoms with Gasteiger partial charge in [0.15, 0.2) is 0 Å². The lowest BCUT2D eigenvalue weighted by atomic mass is 10.2. The third-order valence-corrected chi connectivity index (χ3v) is 3.46. The second-order valence-electron chi connectivity index (χ2n) is 5.45. The van der Waals surface area contributed by atoms with Gasteiger partial charge in [-0.05, 0) is 35.9 Å². The highest BCUT2D eigenvalue weighted by molar-refractivity contribution is 5.41. The van der Waals surface area contributed by atoms with Crippen molar-refractivity contribution in [2.45, 2.75) is 12.7 Å². The molecule has 0 saturated carbocycles. The zero-order valence-corrected chi connectivity index (χ0v) is 13.6. The van der Waals surface area contributed by atoms with E-state index < -0.39 is 11.9 Å². The molecule has 0 aliphatic carbocycles. The molecule has 0 aliphatic rings. The fraction of sp³-hybridized carbons (Fsp3) is 0.105. The summed E-state index contributed by atoms with van der Waals surface area (Å²) in [4.78, 5) is 3.48. The number of hydrazine groups is 1. The fourth-order valence-corrected chi connectivity index (χ4v) is 2.20. The van der Waals surface area contributed by atoms with Crippen molar-refractivity contribution in [2.24, 2.45) is 0 Å². The van der Waals surface area contributed by atoms with Crippen molar-refractivity contribution in [3.8, 4) is 11.6 Å². The van der Waals surface area contributed by atoms with E-state index in [1.165, 1.54) is 12.1 Å². The molecule has 3 rings (SSSR count). The first-order valence-corrected chi connectivity index (χ1v) is 7.86. The van der Waals surface area contributed by atoms with Crippen molar-refractivity contribution < 1.29 is 17.9 Å². The van der Waals surface area contributed by atoms with Crippen molar-refractivity contribution in [3.63, 3.8) is 0 Å². The maximum Gasteiger partial charge on any atom is 0.433 e. The summed E-state index contributed by atoms with van der Waals surface area (Å²) in [5.41, 5.74) is 7.10. The van der Waals surface area contributed by atoms with E-state index in [0.29, 0.717) is 12.3 Å². The number of pyridine rings is 1. The molecule has 3 aromatic rings. The van der Waals surface area contributed by atoms with Gasteiger partial charge in [-0.25, -0.2) is 10.4 Å². The fourth-order valence-electron chi connectivity index (χ4n) is 2.20. The van der Waals surface area contributed by atoms with Gasteiger partial charge in [0.25, 0.3) is 0 Å². The number of aromatic nitrogens is 1. The number of hydrogen-bond acceptors (Lipinski definition) is 4. The van der Waals surface area contributed by atoms with Gasteiger partial charge in [-0.1, -0.05) is 36.4 Å². The first kappa shape index (κ1) is 17.8. The standard InChI is InChI=1S/C19H16F3N3O/c20-19(21,22)17-7-4-8-18(24-17)26-16-11-9-14(10-12-16)13-23-25-15-5-2-1-3-6-15/h1-12,23,25H,13H2. The lowest BCUT2D eigenvalue weighted by Gasteiger charge is -2.10. The maximum atomic E-state index is 12.7. The Morgan fingerprint density at radius 2 is 1.58 bits per heavy atom. The minimum absolute atomic E-state index is 0.101. The number of halogens is 3. The number of nitrogens with one attached hydrogen (secondary N) is 2. The molecule has 0 radical (unpaired) electrons. The van der Waals surface area contributed by atoms with Crippen LogP contribution in [0.4, 0.5) is 18.9 Å². The van der Waals surface area contributed by atoms with Crippen LogP contribution in [0.15, 0.2) is 72.8 Å². The molecule has 0 unspecified atom stereocenters. The van der Waals surface area contributed by atoms with Crippen molar-refractivity contribution >= 4 is 5.69 Å². The van der Waals surface area contributed by atoms with Crippen molar-refractivity contribution in [3.05, 3.63) is 84.1 Å². The SMILES string of the molecule is FC(F)(F)c1cccc(Oc2ccc(CNNc3ccccc3)cc2)n1. The van der Waals surface area contributed by atoms with Crippen molar-refractivity contribution in [1.82, 2.24) is 10.4 Å². The molecule has 1 aromatic heterocycles. The summed E-state index contributed by atoms with van der Waals surface area (Å²) in [5, 5.41) is 0. The summed E-state index contributed by atoms with van der Waals surface area (Å²) in [6.07, 6.45) is -4.50. The molecular formula is C19H16F3N3O. The highest BCUT2D eigenvalue weighted by Crippen LogP contribution is 2.29. The van der Waals surface area contributed by atoms with Gasteiger partial charge in [0, 0.05) is 18.3 Å². The van der Waals surface area contributed by atoms with Gasteiger partial charge in [0.05, 0.1) is 0 Å². The van der Waals surface area contributed by atoms with Gasteiger partial charge in [0.2, 0.25) is 5.88 Å². The van der Waals surface area contributed by atoms with Crippen molar-refractivity contribution in [2.75, 3.05) is 5.43 Å². The summed E-state index contributed by atoms with van der Waals surface area (Å²) in [5.74, 6) is 0.313. The smallest absolute Gasteiger partial charge is 0.433 e. The highest BCUT2D eigenvalue weighted by atomic mass is 19.4. The van der Waals surface area contributed by atoms with E-state index in [1.54, 1.807) is 12.1 Å². The molecular weight excluding hydrogens is 343 g/mol. The Bertz CT molecular complexity index is 837. The minimum atomic E-state index is -4.50. The average molecular weight is 359 g/mol. The molecule has 7 heteroatoms. The van der Waals surface area contributed by atoms with Gasteiger partial charge in [-0.2, -0.15) is 13.2 Å². The van der Waals surface area contributed by atoms with E-state index in [4.69, 9.17) is 4.74 Å². The number of anilines is 1. The monoisotopic (exact) mass is 359 g/mol. The molecule has 26 heavy (non-hydrogen) atoms. The normalized spacial score (nSPS) is 11.2. The van der Waals surface area contributed by atoms with Crippen LogP contribution in [0.25, 0.3) is 0 Å². The molecule has 0 amide bonds. The van der Waals surface area contributed by atoms with E-state index in [1.807, 2.05) is 42.5 Å². The van der Waals surface area contributed by atoms with Crippen LogP contribution < -0.4 is 15.6 Å². The largest absolute Gasteiger partial charge is 0.439 e. The number of nitrogens with zero attached hydrogens (tertiary/aromatic N) is 1. The molecule has 134 valence electrons. The maximum absolute atomic E-state index is 12.7. The van der Waals surface area contributed by atoms with Gasteiger partial charge < -0.3 is 10.2 Å². The van der Waals surface area contributed by atoms with Gasteiger partial charge in [-0.15, -0.1) is 0 Å². The lowest BCUT2D eigenvalue weighted by Crippen LogP contribution is -2.20. The lowest BCUT2D eigenvalue weighted by molar-refractivity contribution is -0.141. The Morgan fingerprint density at radius 3 is 2.27 bits per heavy atom. The van der Waals surface area contributed by atoms with E-state index >= 15 is 0 Å². The summed E-state index contributed by atoms with van der Waals surface area (Å²) in [7, 11) is 0. The molecule has 2 N–H and O–H groups in total. The summed E-state index contributed by atoms with van der Waals surface area (Å²) in [6.45, 7) is 0.566. The summed E-state index contributed by atoms with van der Waals surface area (Å²) >= 11 is 0. The van der Waals surface area contributed by atoms with Crippen LogP contribution in [-0.2, 0) is 12.7 Å². The zero-order valence-electron chi connectivity index (χ0n) is 13.6. The number of benzene rings is 2. The number of hydrogen-bond donors (Lipinski definition) is 2. The Hall–Kier alpha value is -3.06. The molecule has 0 spiro atoms.